The largest absolute Gasteiger partial charge is 0.338 e. The maximum Gasteiger partial charge on any atom is 0.267 e. The molecule has 1 fully saturated rings. The third-order valence-corrected chi connectivity index (χ3v) is 3.93. The van der Waals surface area contributed by atoms with E-state index >= 15 is 0 Å². The summed E-state index contributed by atoms with van der Waals surface area (Å²) < 4.78 is 0. The molecule has 0 aromatic heterocycles. The van der Waals surface area contributed by atoms with Crippen molar-refractivity contribution in [3.63, 3.8) is 0 Å². The molecule has 1 aliphatic rings. The molecule has 1 saturated carbocycles. The highest BCUT2D eigenvalue weighted by molar-refractivity contribution is 5.98. The van der Waals surface area contributed by atoms with Crippen molar-refractivity contribution in [3.05, 3.63) is 41.0 Å². The topological polar surface area (TPSA) is 104 Å². The van der Waals surface area contributed by atoms with Crippen LogP contribution in [0.3, 0.4) is 0 Å². The minimum Gasteiger partial charge on any atom is -0.338 e. The zero-order valence-corrected chi connectivity index (χ0v) is 13.4. The average Bonchev–Trinajstić information content (AvgIpc) is 2.47. The SMILES string of the molecule is CC(C)(N)[C@H](NC(=O)c1ccc(C=C2CCC2)cc1)C(=O)NO. The number of hydrogen-bond acceptors (Lipinski definition) is 4. The fourth-order valence-corrected chi connectivity index (χ4v) is 2.36. The number of carbonyl (C=O) groups is 2. The number of nitrogens with one attached hydrogen (secondary N) is 2. The number of benzene rings is 1. The first-order valence-electron chi connectivity index (χ1n) is 7.64. The third kappa shape index (κ3) is 4.40. The number of nitrogens with two attached hydrogens (primary N) is 1. The summed E-state index contributed by atoms with van der Waals surface area (Å²) in [6, 6.07) is 6.11. The number of carbonyl (C=O) groups excluding carboxylic acids is 2. The fourth-order valence-electron chi connectivity index (χ4n) is 2.36. The summed E-state index contributed by atoms with van der Waals surface area (Å²) in [5.41, 5.74) is 9.31. The lowest BCUT2D eigenvalue weighted by Crippen LogP contribution is -2.61. The molecule has 1 aromatic carbocycles. The van der Waals surface area contributed by atoms with Gasteiger partial charge in [0.25, 0.3) is 11.8 Å². The van der Waals surface area contributed by atoms with Gasteiger partial charge >= 0.3 is 0 Å². The molecule has 2 rings (SSSR count). The molecule has 6 heteroatoms. The smallest absolute Gasteiger partial charge is 0.267 e. The summed E-state index contributed by atoms with van der Waals surface area (Å²) in [5, 5.41) is 11.3. The van der Waals surface area contributed by atoms with Crippen LogP contribution in [0.15, 0.2) is 29.8 Å². The Morgan fingerprint density at radius 2 is 1.87 bits per heavy atom. The van der Waals surface area contributed by atoms with Crippen LogP contribution < -0.4 is 16.5 Å². The van der Waals surface area contributed by atoms with E-state index in [1.54, 1.807) is 26.0 Å². The summed E-state index contributed by atoms with van der Waals surface area (Å²) in [5.74, 6) is -1.17. The average molecular weight is 317 g/mol. The molecule has 2 amide bonds. The Morgan fingerprint density at radius 1 is 1.26 bits per heavy atom. The van der Waals surface area contributed by atoms with E-state index in [1.807, 2.05) is 12.1 Å². The predicted octanol–water partition coefficient (Wildman–Crippen LogP) is 1.59. The van der Waals surface area contributed by atoms with Crippen LogP contribution in [0.2, 0.25) is 0 Å². The quantitative estimate of drug-likeness (QED) is 0.489. The highest BCUT2D eigenvalue weighted by Gasteiger charge is 2.33. The molecule has 1 atom stereocenters. The van der Waals surface area contributed by atoms with Crippen molar-refractivity contribution < 1.29 is 14.8 Å². The molecule has 1 aliphatic carbocycles. The molecule has 0 unspecified atom stereocenters. The van der Waals surface area contributed by atoms with Crippen molar-refractivity contribution >= 4 is 17.9 Å². The molecule has 0 saturated heterocycles. The third-order valence-electron chi connectivity index (χ3n) is 3.93. The van der Waals surface area contributed by atoms with Crippen molar-refractivity contribution in [2.45, 2.75) is 44.7 Å². The molecular weight excluding hydrogens is 294 g/mol. The van der Waals surface area contributed by atoms with E-state index in [1.165, 1.54) is 17.5 Å². The van der Waals surface area contributed by atoms with Gasteiger partial charge < -0.3 is 11.1 Å². The predicted molar refractivity (Wildman–Crippen MR) is 87.7 cm³/mol. The van der Waals surface area contributed by atoms with E-state index in [2.05, 4.69) is 11.4 Å². The Balaban J connectivity index is 2.08. The van der Waals surface area contributed by atoms with Gasteiger partial charge in [-0.25, -0.2) is 5.48 Å². The summed E-state index contributed by atoms with van der Waals surface area (Å²) in [6.07, 6.45) is 5.67. The van der Waals surface area contributed by atoms with Crippen molar-refractivity contribution in [1.82, 2.24) is 10.8 Å². The minimum atomic E-state index is -1.04. The summed E-state index contributed by atoms with van der Waals surface area (Å²) in [4.78, 5) is 24.0. The Kier molecular flexibility index (Phi) is 5.18. The normalized spacial score (nSPS) is 15.4. The van der Waals surface area contributed by atoms with E-state index < -0.39 is 23.4 Å². The van der Waals surface area contributed by atoms with Gasteiger partial charge in [-0.15, -0.1) is 0 Å². The molecule has 6 nitrogen and oxygen atoms in total. The monoisotopic (exact) mass is 317 g/mol. The lowest BCUT2D eigenvalue weighted by atomic mass is 9.90. The van der Waals surface area contributed by atoms with Crippen LogP contribution in [0.25, 0.3) is 6.08 Å². The Labute approximate surface area is 135 Å². The Bertz CT molecular complexity index is 609. The zero-order chi connectivity index (χ0) is 17.0. The number of rotatable bonds is 5. The van der Waals surface area contributed by atoms with Gasteiger partial charge in [-0.05, 0) is 50.8 Å². The van der Waals surface area contributed by atoms with Crippen LogP contribution >= 0.6 is 0 Å². The van der Waals surface area contributed by atoms with Crippen LogP contribution in [-0.4, -0.2) is 28.6 Å². The molecular formula is C17H23N3O3. The second kappa shape index (κ2) is 6.93. The summed E-state index contributed by atoms with van der Waals surface area (Å²) >= 11 is 0. The van der Waals surface area contributed by atoms with Crippen molar-refractivity contribution in [2.75, 3.05) is 0 Å². The van der Waals surface area contributed by atoms with Gasteiger partial charge in [-0.3, -0.25) is 14.8 Å². The maximum atomic E-state index is 12.3. The van der Waals surface area contributed by atoms with E-state index in [0.717, 1.165) is 18.4 Å². The Hall–Kier alpha value is -2.18. The minimum absolute atomic E-state index is 0.417. The van der Waals surface area contributed by atoms with Crippen molar-refractivity contribution in [1.29, 1.82) is 0 Å². The highest BCUT2D eigenvalue weighted by atomic mass is 16.5. The fraction of sp³-hybridized carbons (Fsp3) is 0.412. The van der Waals surface area contributed by atoms with Gasteiger partial charge in [-0.2, -0.15) is 0 Å². The molecule has 0 aliphatic heterocycles. The van der Waals surface area contributed by atoms with Gasteiger partial charge in [0.2, 0.25) is 0 Å². The van der Waals surface area contributed by atoms with Gasteiger partial charge in [0, 0.05) is 11.1 Å². The van der Waals surface area contributed by atoms with Crippen LogP contribution in [-0.2, 0) is 4.79 Å². The van der Waals surface area contributed by atoms with Gasteiger partial charge in [0.15, 0.2) is 0 Å². The first kappa shape index (κ1) is 17.2. The first-order valence-corrected chi connectivity index (χ1v) is 7.64. The second-order valence-corrected chi connectivity index (χ2v) is 6.48. The van der Waals surface area contributed by atoms with Crippen molar-refractivity contribution in [3.8, 4) is 0 Å². The second-order valence-electron chi connectivity index (χ2n) is 6.48. The van der Waals surface area contributed by atoms with Crippen LogP contribution in [0.4, 0.5) is 0 Å². The summed E-state index contributed by atoms with van der Waals surface area (Å²) in [6.45, 7) is 3.20. The van der Waals surface area contributed by atoms with E-state index in [9.17, 15) is 9.59 Å². The molecule has 0 heterocycles. The maximum absolute atomic E-state index is 12.3. The standard InChI is InChI=1S/C17H23N3O3/c1-17(2,18)14(16(22)20-23)19-15(21)13-8-6-12(7-9-13)10-11-4-3-5-11/h6-10,14,23H,3-5,18H2,1-2H3,(H,19,21)(H,20,22)/t14-/m1/s1. The van der Waals surface area contributed by atoms with Gasteiger partial charge in [-0.1, -0.05) is 23.8 Å². The lowest BCUT2D eigenvalue weighted by molar-refractivity contribution is -0.132. The molecule has 124 valence electrons. The zero-order valence-electron chi connectivity index (χ0n) is 13.4. The molecule has 0 spiro atoms. The number of allylic oxidation sites excluding steroid dienone is 1. The first-order chi connectivity index (χ1) is 10.8. The summed E-state index contributed by atoms with van der Waals surface area (Å²) in [7, 11) is 0. The van der Waals surface area contributed by atoms with Crippen LogP contribution in [0, 0.1) is 0 Å². The van der Waals surface area contributed by atoms with E-state index in [-0.39, 0.29) is 0 Å². The Morgan fingerprint density at radius 3 is 2.30 bits per heavy atom. The molecule has 23 heavy (non-hydrogen) atoms. The van der Waals surface area contributed by atoms with Crippen molar-refractivity contribution in [2.24, 2.45) is 5.73 Å². The van der Waals surface area contributed by atoms with Gasteiger partial charge in [0.05, 0.1) is 0 Å². The van der Waals surface area contributed by atoms with E-state index in [0.29, 0.717) is 5.56 Å². The van der Waals surface area contributed by atoms with Crippen LogP contribution in [0.1, 0.15) is 49.0 Å². The lowest BCUT2D eigenvalue weighted by Gasteiger charge is -2.29. The molecule has 0 bridgehead atoms. The highest BCUT2D eigenvalue weighted by Crippen LogP contribution is 2.27. The molecule has 0 radical (unpaired) electrons. The molecule has 1 aromatic rings. The van der Waals surface area contributed by atoms with E-state index in [4.69, 9.17) is 10.9 Å². The van der Waals surface area contributed by atoms with Crippen LogP contribution in [0.5, 0.6) is 0 Å². The molecule has 5 N–H and O–H groups in total. The number of hydrogen-bond donors (Lipinski definition) is 4. The van der Waals surface area contributed by atoms with Gasteiger partial charge in [0.1, 0.15) is 6.04 Å². The number of hydroxylamine groups is 1. The number of amides is 2.